The fourth-order valence-electron chi connectivity index (χ4n) is 1.72. The van der Waals surface area contributed by atoms with Crippen LogP contribution in [-0.2, 0) is 0 Å². The van der Waals surface area contributed by atoms with Crippen molar-refractivity contribution in [3.63, 3.8) is 0 Å². The van der Waals surface area contributed by atoms with Crippen molar-refractivity contribution in [2.45, 2.75) is 32.8 Å². The standard InChI is InChI=1S/C13H12N4O2S4/c1-2-3-6-20-12-15-16-13(23-12)22-11-14-9-5-4-8(17(18)19)7-10(9)21-11/h4-5,7H,2-3,6H2,1H3. The van der Waals surface area contributed by atoms with Crippen LogP contribution in [0.25, 0.3) is 10.2 Å². The molecule has 6 nitrogen and oxygen atoms in total. The van der Waals surface area contributed by atoms with Gasteiger partial charge in [0, 0.05) is 17.9 Å². The summed E-state index contributed by atoms with van der Waals surface area (Å²) in [4.78, 5) is 14.9. The van der Waals surface area contributed by atoms with Crippen molar-refractivity contribution in [2.75, 3.05) is 5.75 Å². The number of rotatable bonds is 7. The molecule has 0 atom stereocenters. The molecule has 0 spiro atoms. The van der Waals surface area contributed by atoms with E-state index in [1.54, 1.807) is 35.2 Å². The minimum atomic E-state index is -0.392. The highest BCUT2D eigenvalue weighted by Crippen LogP contribution is 2.38. The van der Waals surface area contributed by atoms with Gasteiger partial charge in [-0.15, -0.1) is 21.5 Å². The molecule has 2 aromatic heterocycles. The molecule has 0 saturated carbocycles. The fraction of sp³-hybridized carbons (Fsp3) is 0.308. The van der Waals surface area contributed by atoms with E-state index >= 15 is 0 Å². The van der Waals surface area contributed by atoms with E-state index in [-0.39, 0.29) is 5.69 Å². The minimum Gasteiger partial charge on any atom is -0.258 e. The number of hydrogen-bond donors (Lipinski definition) is 0. The fourth-order valence-corrected chi connectivity index (χ4v) is 6.20. The monoisotopic (exact) mass is 384 g/mol. The van der Waals surface area contributed by atoms with E-state index in [1.807, 2.05) is 0 Å². The maximum absolute atomic E-state index is 10.8. The maximum atomic E-state index is 10.8. The van der Waals surface area contributed by atoms with Crippen LogP contribution in [0.5, 0.6) is 0 Å². The topological polar surface area (TPSA) is 81.8 Å². The third kappa shape index (κ3) is 4.19. The van der Waals surface area contributed by atoms with Gasteiger partial charge in [0.05, 0.1) is 15.1 Å². The summed E-state index contributed by atoms with van der Waals surface area (Å²) in [5.74, 6) is 1.06. The highest BCUT2D eigenvalue weighted by Gasteiger charge is 2.13. The normalized spacial score (nSPS) is 11.2. The molecule has 23 heavy (non-hydrogen) atoms. The van der Waals surface area contributed by atoms with Crippen LogP contribution in [0.15, 0.2) is 31.2 Å². The summed E-state index contributed by atoms with van der Waals surface area (Å²) < 4.78 is 3.45. The summed E-state index contributed by atoms with van der Waals surface area (Å²) in [6, 6.07) is 4.72. The molecule has 0 bridgehead atoms. The Labute approximate surface area is 148 Å². The first kappa shape index (κ1) is 16.6. The van der Waals surface area contributed by atoms with Crippen LogP contribution in [-0.4, -0.2) is 25.9 Å². The molecule has 0 aliphatic carbocycles. The predicted octanol–water partition coefficient (Wildman–Crippen LogP) is 5.10. The van der Waals surface area contributed by atoms with Gasteiger partial charge in [-0.2, -0.15) is 0 Å². The zero-order valence-electron chi connectivity index (χ0n) is 12.1. The lowest BCUT2D eigenvalue weighted by Crippen LogP contribution is -1.85. The lowest BCUT2D eigenvalue weighted by atomic mass is 10.3. The number of aromatic nitrogens is 3. The van der Waals surface area contributed by atoms with E-state index in [0.29, 0.717) is 0 Å². The van der Waals surface area contributed by atoms with Crippen molar-refractivity contribution in [1.82, 2.24) is 15.2 Å². The Bertz CT molecular complexity index is 832. The lowest BCUT2D eigenvalue weighted by Gasteiger charge is -1.92. The van der Waals surface area contributed by atoms with Gasteiger partial charge in [0.25, 0.3) is 5.69 Å². The molecule has 0 unspecified atom stereocenters. The third-order valence-corrected chi connectivity index (χ3v) is 7.12. The first-order valence-corrected chi connectivity index (χ1v) is 10.3. The van der Waals surface area contributed by atoms with Crippen molar-refractivity contribution in [1.29, 1.82) is 0 Å². The SMILES string of the molecule is CCCCSc1nnc(Sc2nc3ccc([N+](=O)[O-])cc3s2)s1. The van der Waals surface area contributed by atoms with Crippen LogP contribution in [0.1, 0.15) is 19.8 Å². The summed E-state index contributed by atoms with van der Waals surface area (Å²) in [7, 11) is 0. The molecule has 1 aromatic carbocycles. The molecule has 0 N–H and O–H groups in total. The number of fused-ring (bicyclic) bond motifs is 1. The molecule has 3 aromatic rings. The summed E-state index contributed by atoms with van der Waals surface area (Å²) >= 11 is 6.18. The van der Waals surface area contributed by atoms with Crippen molar-refractivity contribution >= 4 is 62.1 Å². The van der Waals surface area contributed by atoms with Gasteiger partial charge in [0.15, 0.2) is 13.0 Å². The molecule has 0 amide bonds. The van der Waals surface area contributed by atoms with Gasteiger partial charge >= 0.3 is 0 Å². The molecule has 120 valence electrons. The highest BCUT2D eigenvalue weighted by atomic mass is 32.2. The minimum absolute atomic E-state index is 0.0863. The second kappa shape index (κ2) is 7.56. The van der Waals surface area contributed by atoms with Gasteiger partial charge in [0.1, 0.15) is 0 Å². The van der Waals surface area contributed by atoms with E-state index in [9.17, 15) is 10.1 Å². The molecular weight excluding hydrogens is 372 g/mol. The number of thioether (sulfide) groups is 1. The van der Waals surface area contributed by atoms with Crippen LogP contribution < -0.4 is 0 Å². The van der Waals surface area contributed by atoms with Crippen LogP contribution in [0, 0.1) is 10.1 Å². The molecule has 3 rings (SSSR count). The Kier molecular flexibility index (Phi) is 5.46. The molecule has 0 saturated heterocycles. The molecule has 2 heterocycles. The van der Waals surface area contributed by atoms with Gasteiger partial charge in [-0.05, 0) is 24.2 Å². The first-order chi connectivity index (χ1) is 11.2. The number of thiazole rings is 1. The van der Waals surface area contributed by atoms with E-state index in [4.69, 9.17) is 0 Å². The Balaban J connectivity index is 1.72. The first-order valence-electron chi connectivity index (χ1n) is 6.85. The zero-order chi connectivity index (χ0) is 16.2. The zero-order valence-corrected chi connectivity index (χ0v) is 15.4. The van der Waals surface area contributed by atoms with Gasteiger partial charge in [0.2, 0.25) is 0 Å². The quantitative estimate of drug-likeness (QED) is 0.242. The van der Waals surface area contributed by atoms with Gasteiger partial charge < -0.3 is 0 Å². The Hall–Kier alpha value is -1.23. The number of nitrogens with zero attached hydrogens (tertiary/aromatic N) is 4. The average Bonchev–Trinajstić information content (AvgIpc) is 3.13. The van der Waals surface area contributed by atoms with E-state index < -0.39 is 4.92 Å². The van der Waals surface area contributed by atoms with Gasteiger partial charge in [-0.25, -0.2) is 4.98 Å². The van der Waals surface area contributed by atoms with E-state index in [1.165, 1.54) is 42.0 Å². The lowest BCUT2D eigenvalue weighted by molar-refractivity contribution is -0.384. The van der Waals surface area contributed by atoms with Crippen LogP contribution in [0.3, 0.4) is 0 Å². The van der Waals surface area contributed by atoms with Crippen LogP contribution >= 0.6 is 46.2 Å². The number of unbranched alkanes of at least 4 members (excludes halogenated alkanes) is 1. The molecular formula is C13H12N4O2S4. The van der Waals surface area contributed by atoms with Crippen molar-refractivity contribution in [2.24, 2.45) is 0 Å². The maximum Gasteiger partial charge on any atom is 0.270 e. The second-order valence-electron chi connectivity index (χ2n) is 4.53. The largest absolute Gasteiger partial charge is 0.270 e. The molecule has 0 radical (unpaired) electrons. The summed E-state index contributed by atoms with van der Waals surface area (Å²) in [5.41, 5.74) is 0.855. The smallest absolute Gasteiger partial charge is 0.258 e. The number of benzene rings is 1. The van der Waals surface area contributed by atoms with E-state index in [2.05, 4.69) is 22.1 Å². The summed E-state index contributed by atoms with van der Waals surface area (Å²) in [6.45, 7) is 2.17. The van der Waals surface area contributed by atoms with Gasteiger partial charge in [-0.1, -0.05) is 36.4 Å². The average molecular weight is 385 g/mol. The number of nitro benzene ring substituents is 1. The summed E-state index contributed by atoms with van der Waals surface area (Å²) in [6.07, 6.45) is 2.34. The van der Waals surface area contributed by atoms with Crippen LogP contribution in [0.4, 0.5) is 5.69 Å². The van der Waals surface area contributed by atoms with Crippen LogP contribution in [0.2, 0.25) is 0 Å². The second-order valence-corrected chi connectivity index (χ2v) is 9.37. The van der Waals surface area contributed by atoms with Gasteiger partial charge in [-0.3, -0.25) is 10.1 Å². The van der Waals surface area contributed by atoms with Crippen molar-refractivity contribution < 1.29 is 4.92 Å². The Morgan fingerprint density at radius 2 is 2.04 bits per heavy atom. The number of nitro groups is 1. The predicted molar refractivity (Wildman–Crippen MR) is 95.9 cm³/mol. The molecule has 0 aliphatic rings. The van der Waals surface area contributed by atoms with E-state index in [0.717, 1.165) is 29.0 Å². The molecule has 0 aliphatic heterocycles. The molecule has 0 fully saturated rings. The number of non-ortho nitro benzene ring substituents is 1. The Morgan fingerprint density at radius 3 is 2.83 bits per heavy atom. The third-order valence-electron chi connectivity index (χ3n) is 2.85. The molecule has 10 heteroatoms. The summed E-state index contributed by atoms with van der Waals surface area (Å²) in [5, 5.41) is 19.2. The van der Waals surface area contributed by atoms with Crippen molar-refractivity contribution in [3.05, 3.63) is 28.3 Å². The number of hydrogen-bond acceptors (Lipinski definition) is 9. The highest BCUT2D eigenvalue weighted by molar-refractivity contribution is 8.04. The Morgan fingerprint density at radius 1 is 1.22 bits per heavy atom. The van der Waals surface area contributed by atoms with Crippen molar-refractivity contribution in [3.8, 4) is 0 Å².